The van der Waals surface area contributed by atoms with Crippen molar-refractivity contribution >= 4 is 32.8 Å². The van der Waals surface area contributed by atoms with Crippen molar-refractivity contribution in [3.05, 3.63) is 22.2 Å². The van der Waals surface area contributed by atoms with Gasteiger partial charge in [0, 0.05) is 19.2 Å². The molecule has 10 heteroatoms. The van der Waals surface area contributed by atoms with E-state index < -0.39 is 26.4 Å². The molecule has 1 aromatic rings. The van der Waals surface area contributed by atoms with E-state index in [1.54, 1.807) is 4.90 Å². The van der Waals surface area contributed by atoms with Crippen LogP contribution in [-0.4, -0.2) is 51.3 Å². The first kappa shape index (κ1) is 14.7. The predicted octanol–water partition coefficient (Wildman–Crippen LogP) is 0.157. The Kier molecular flexibility index (Phi) is 3.49. The van der Waals surface area contributed by atoms with Crippen LogP contribution in [0.5, 0.6) is 0 Å². The zero-order valence-electron chi connectivity index (χ0n) is 11.4. The van der Waals surface area contributed by atoms with E-state index in [-0.39, 0.29) is 22.0 Å². The number of fused-ring (bicyclic) bond motifs is 1. The van der Waals surface area contributed by atoms with Gasteiger partial charge in [0.05, 0.1) is 28.7 Å². The fourth-order valence-electron chi connectivity index (χ4n) is 2.55. The van der Waals surface area contributed by atoms with Crippen molar-refractivity contribution in [1.29, 1.82) is 0 Å². The number of ether oxygens (including phenoxy) is 1. The van der Waals surface area contributed by atoms with Crippen molar-refractivity contribution in [2.24, 2.45) is 0 Å². The number of benzene rings is 1. The van der Waals surface area contributed by atoms with Gasteiger partial charge < -0.3 is 15.0 Å². The number of carbonyl (C=O) groups is 1. The molecule has 1 fully saturated rings. The predicted molar refractivity (Wildman–Crippen MR) is 76.8 cm³/mol. The van der Waals surface area contributed by atoms with Gasteiger partial charge in [-0.1, -0.05) is 0 Å². The van der Waals surface area contributed by atoms with Gasteiger partial charge in [-0.2, -0.15) is 0 Å². The van der Waals surface area contributed by atoms with Gasteiger partial charge in [-0.15, -0.1) is 0 Å². The zero-order chi connectivity index (χ0) is 15.9. The number of nitro benzene ring substituents is 1. The molecule has 9 nitrogen and oxygen atoms in total. The minimum absolute atomic E-state index is 0.0417. The lowest BCUT2D eigenvalue weighted by Crippen LogP contribution is -2.37. The molecule has 0 aromatic heterocycles. The molecule has 1 N–H and O–H groups in total. The fraction of sp³-hybridized carbons (Fsp3) is 0.417. The number of morpholine rings is 1. The van der Waals surface area contributed by atoms with Crippen LogP contribution >= 0.6 is 0 Å². The van der Waals surface area contributed by atoms with Crippen LogP contribution in [0, 0.1) is 10.1 Å². The molecular weight excluding hydrogens is 314 g/mol. The third-order valence-corrected chi connectivity index (χ3v) is 5.21. The lowest BCUT2D eigenvalue weighted by atomic mass is 10.2. The minimum atomic E-state index is -3.79. The Labute approximate surface area is 125 Å². The van der Waals surface area contributed by atoms with Gasteiger partial charge in [-0.25, -0.2) is 8.42 Å². The van der Waals surface area contributed by atoms with Gasteiger partial charge in [0.25, 0.3) is 5.69 Å². The molecule has 0 unspecified atom stereocenters. The molecular formula is C12H13N3O6S. The van der Waals surface area contributed by atoms with Crippen molar-refractivity contribution < 1.29 is 22.9 Å². The minimum Gasteiger partial charge on any atom is -0.378 e. The van der Waals surface area contributed by atoms with Crippen LogP contribution in [0.3, 0.4) is 0 Å². The average molecular weight is 327 g/mol. The standard InChI is InChI=1S/C12H13N3O6S/c16-12-7-22(19,20)11-6-9(14-1-3-21-4-2-14)10(15(17)18)5-8(11)13-12/h5-6H,1-4,7H2,(H,13,16). The Hall–Kier alpha value is -2.20. The molecule has 2 aliphatic heterocycles. The lowest BCUT2D eigenvalue weighted by molar-refractivity contribution is -0.384. The summed E-state index contributed by atoms with van der Waals surface area (Å²) in [5.74, 6) is -1.35. The molecule has 3 rings (SSSR count). The summed E-state index contributed by atoms with van der Waals surface area (Å²) in [4.78, 5) is 23.7. The summed E-state index contributed by atoms with van der Waals surface area (Å²) < 4.78 is 29.5. The quantitative estimate of drug-likeness (QED) is 0.607. The molecule has 0 saturated carbocycles. The monoisotopic (exact) mass is 327 g/mol. The molecule has 1 amide bonds. The summed E-state index contributed by atoms with van der Waals surface area (Å²) >= 11 is 0. The Bertz CT molecular complexity index is 754. The summed E-state index contributed by atoms with van der Waals surface area (Å²) in [5.41, 5.74) is -0.0511. The molecule has 0 radical (unpaired) electrons. The smallest absolute Gasteiger partial charge is 0.294 e. The van der Waals surface area contributed by atoms with Crippen LogP contribution in [-0.2, 0) is 19.4 Å². The topological polar surface area (TPSA) is 119 Å². The maximum Gasteiger partial charge on any atom is 0.294 e. The Morgan fingerprint density at radius 1 is 1.27 bits per heavy atom. The maximum atomic E-state index is 12.1. The van der Waals surface area contributed by atoms with E-state index in [4.69, 9.17) is 4.74 Å². The number of sulfone groups is 1. The van der Waals surface area contributed by atoms with Gasteiger partial charge in [0.15, 0.2) is 9.84 Å². The zero-order valence-corrected chi connectivity index (χ0v) is 12.3. The van der Waals surface area contributed by atoms with Crippen LogP contribution < -0.4 is 10.2 Å². The molecule has 1 saturated heterocycles. The first-order chi connectivity index (χ1) is 10.4. The molecule has 0 bridgehead atoms. The number of hydrogen-bond acceptors (Lipinski definition) is 7. The summed E-state index contributed by atoms with van der Waals surface area (Å²) in [6.07, 6.45) is 0. The van der Waals surface area contributed by atoms with Gasteiger partial charge in [0.1, 0.15) is 11.4 Å². The van der Waals surface area contributed by atoms with E-state index in [0.29, 0.717) is 26.3 Å². The fourth-order valence-corrected chi connectivity index (χ4v) is 3.86. The van der Waals surface area contributed by atoms with Crippen molar-refractivity contribution in [2.75, 3.05) is 42.3 Å². The second-order valence-electron chi connectivity index (χ2n) is 5.00. The molecule has 1 aromatic carbocycles. The Balaban J connectivity index is 2.17. The molecule has 2 heterocycles. The third kappa shape index (κ3) is 2.50. The molecule has 0 atom stereocenters. The number of nitro groups is 1. The van der Waals surface area contributed by atoms with Gasteiger partial charge in [-0.3, -0.25) is 14.9 Å². The van der Waals surface area contributed by atoms with Crippen molar-refractivity contribution in [2.45, 2.75) is 4.90 Å². The highest BCUT2D eigenvalue weighted by atomic mass is 32.2. The summed E-state index contributed by atoms with van der Waals surface area (Å²) in [7, 11) is -3.79. The average Bonchev–Trinajstić information content (AvgIpc) is 2.46. The lowest BCUT2D eigenvalue weighted by Gasteiger charge is -2.29. The van der Waals surface area contributed by atoms with Crippen molar-refractivity contribution in [1.82, 2.24) is 0 Å². The van der Waals surface area contributed by atoms with Gasteiger partial charge >= 0.3 is 0 Å². The second kappa shape index (κ2) is 5.21. The summed E-state index contributed by atoms with van der Waals surface area (Å²) in [6.45, 7) is 1.70. The van der Waals surface area contributed by atoms with Crippen LogP contribution in [0.15, 0.2) is 17.0 Å². The number of amides is 1. The maximum absolute atomic E-state index is 12.1. The van der Waals surface area contributed by atoms with E-state index in [1.807, 2.05) is 0 Å². The number of anilines is 2. The third-order valence-electron chi connectivity index (χ3n) is 3.56. The number of carbonyl (C=O) groups excluding carboxylic acids is 1. The first-order valence-electron chi connectivity index (χ1n) is 6.56. The molecule has 0 spiro atoms. The summed E-state index contributed by atoms with van der Waals surface area (Å²) in [5, 5.41) is 13.7. The van der Waals surface area contributed by atoms with Crippen LogP contribution in [0.2, 0.25) is 0 Å². The van der Waals surface area contributed by atoms with Crippen LogP contribution in [0.25, 0.3) is 0 Å². The number of nitrogens with zero attached hydrogens (tertiary/aromatic N) is 2. The number of hydrogen-bond donors (Lipinski definition) is 1. The van der Waals surface area contributed by atoms with E-state index in [0.717, 1.165) is 6.07 Å². The van der Waals surface area contributed by atoms with Crippen molar-refractivity contribution in [3.63, 3.8) is 0 Å². The SMILES string of the molecule is O=C1CS(=O)(=O)c2cc(N3CCOCC3)c([N+](=O)[O-])cc2N1. The van der Waals surface area contributed by atoms with Crippen molar-refractivity contribution in [3.8, 4) is 0 Å². The highest BCUT2D eigenvalue weighted by molar-refractivity contribution is 7.92. The first-order valence-corrected chi connectivity index (χ1v) is 8.21. The largest absolute Gasteiger partial charge is 0.378 e. The Morgan fingerprint density at radius 3 is 2.59 bits per heavy atom. The molecule has 2 aliphatic rings. The highest BCUT2D eigenvalue weighted by Crippen LogP contribution is 2.38. The van der Waals surface area contributed by atoms with Gasteiger partial charge in [-0.05, 0) is 6.07 Å². The highest BCUT2D eigenvalue weighted by Gasteiger charge is 2.33. The number of nitrogens with one attached hydrogen (secondary N) is 1. The normalized spacial score (nSPS) is 20.2. The van der Waals surface area contributed by atoms with E-state index in [1.165, 1.54) is 6.07 Å². The summed E-state index contributed by atoms with van der Waals surface area (Å²) in [6, 6.07) is 2.38. The number of rotatable bonds is 2. The van der Waals surface area contributed by atoms with Crippen LogP contribution in [0.4, 0.5) is 17.1 Å². The van der Waals surface area contributed by atoms with Gasteiger partial charge in [0.2, 0.25) is 5.91 Å². The van der Waals surface area contributed by atoms with E-state index in [2.05, 4.69) is 5.32 Å². The molecule has 22 heavy (non-hydrogen) atoms. The molecule has 0 aliphatic carbocycles. The van der Waals surface area contributed by atoms with E-state index >= 15 is 0 Å². The Morgan fingerprint density at radius 2 is 1.95 bits per heavy atom. The molecule has 118 valence electrons. The second-order valence-corrected chi connectivity index (χ2v) is 6.96. The van der Waals surface area contributed by atoms with Crippen LogP contribution in [0.1, 0.15) is 0 Å². The van der Waals surface area contributed by atoms with E-state index in [9.17, 15) is 23.3 Å².